The smallest absolute Gasteiger partial charge is 0.337 e. The molecule has 0 bridgehead atoms. The fourth-order valence-electron chi connectivity index (χ4n) is 1.69. The van der Waals surface area contributed by atoms with Crippen LogP contribution in [-0.2, 0) is 9.47 Å². The molecule has 0 unspecified atom stereocenters. The summed E-state index contributed by atoms with van der Waals surface area (Å²) < 4.78 is 10.2. The van der Waals surface area contributed by atoms with E-state index in [1.807, 2.05) is 31.9 Å². The summed E-state index contributed by atoms with van der Waals surface area (Å²) in [5, 5.41) is 0. The summed E-state index contributed by atoms with van der Waals surface area (Å²) in [4.78, 5) is 13.4. The Kier molecular flexibility index (Phi) is 5.63. The van der Waals surface area contributed by atoms with E-state index in [2.05, 4.69) is 4.74 Å². The first-order valence-corrected chi connectivity index (χ1v) is 6.26. The first-order chi connectivity index (χ1) is 8.95. The second-order valence-electron chi connectivity index (χ2n) is 4.61. The van der Waals surface area contributed by atoms with Crippen LogP contribution >= 0.6 is 0 Å². The molecule has 0 aliphatic rings. The molecule has 5 heteroatoms. The standard InChI is InChI=1S/C14H22N2O3/c1-10(2)19-8-7-16(3)13-6-5-11(9-12(13)15)14(17)18-4/h5-6,9-10H,7-8,15H2,1-4H3. The van der Waals surface area contributed by atoms with Gasteiger partial charge in [-0.3, -0.25) is 0 Å². The lowest BCUT2D eigenvalue weighted by Gasteiger charge is -2.22. The molecule has 106 valence electrons. The van der Waals surface area contributed by atoms with E-state index >= 15 is 0 Å². The highest BCUT2D eigenvalue weighted by atomic mass is 16.5. The number of nitrogens with zero attached hydrogens (tertiary/aromatic N) is 1. The molecule has 19 heavy (non-hydrogen) atoms. The fraction of sp³-hybridized carbons (Fsp3) is 0.500. The maximum absolute atomic E-state index is 11.4. The van der Waals surface area contributed by atoms with Gasteiger partial charge in [-0.05, 0) is 32.0 Å². The number of carbonyl (C=O) groups is 1. The van der Waals surface area contributed by atoms with Gasteiger partial charge in [0.05, 0.1) is 36.8 Å². The second-order valence-corrected chi connectivity index (χ2v) is 4.61. The highest BCUT2D eigenvalue weighted by molar-refractivity contribution is 5.91. The molecule has 1 rings (SSSR count). The van der Waals surface area contributed by atoms with Crippen molar-refractivity contribution in [2.24, 2.45) is 0 Å². The molecule has 0 atom stereocenters. The van der Waals surface area contributed by atoms with Gasteiger partial charge in [0.25, 0.3) is 0 Å². The number of ether oxygens (including phenoxy) is 2. The lowest BCUT2D eigenvalue weighted by atomic mass is 10.1. The molecule has 0 saturated carbocycles. The average molecular weight is 266 g/mol. The summed E-state index contributed by atoms with van der Waals surface area (Å²) >= 11 is 0. The number of nitrogen functional groups attached to an aromatic ring is 1. The van der Waals surface area contributed by atoms with Gasteiger partial charge >= 0.3 is 5.97 Å². The summed E-state index contributed by atoms with van der Waals surface area (Å²) in [5.74, 6) is -0.385. The van der Waals surface area contributed by atoms with Gasteiger partial charge in [0.1, 0.15) is 0 Å². The zero-order valence-electron chi connectivity index (χ0n) is 12.0. The molecule has 1 aromatic carbocycles. The van der Waals surface area contributed by atoms with Gasteiger partial charge in [-0.2, -0.15) is 0 Å². The molecule has 1 aromatic rings. The number of hydrogen-bond donors (Lipinski definition) is 1. The Balaban J connectivity index is 2.70. The first-order valence-electron chi connectivity index (χ1n) is 6.26. The van der Waals surface area contributed by atoms with E-state index in [-0.39, 0.29) is 12.1 Å². The predicted molar refractivity (Wildman–Crippen MR) is 76.6 cm³/mol. The molecule has 0 radical (unpaired) electrons. The number of methoxy groups -OCH3 is 1. The van der Waals surface area contributed by atoms with Crippen LogP contribution in [0.5, 0.6) is 0 Å². The first kappa shape index (κ1) is 15.3. The van der Waals surface area contributed by atoms with Gasteiger partial charge in [-0.1, -0.05) is 0 Å². The second kappa shape index (κ2) is 6.99. The number of carbonyl (C=O) groups excluding carboxylic acids is 1. The number of likely N-dealkylation sites (N-methyl/N-ethyl adjacent to an activating group) is 1. The van der Waals surface area contributed by atoms with Crippen LogP contribution in [0.1, 0.15) is 24.2 Å². The molecule has 0 fully saturated rings. The molecule has 0 heterocycles. The summed E-state index contributed by atoms with van der Waals surface area (Å²) in [7, 11) is 3.29. The van der Waals surface area contributed by atoms with Gasteiger partial charge in [0.15, 0.2) is 0 Å². The topological polar surface area (TPSA) is 64.8 Å². The predicted octanol–water partition coefficient (Wildman–Crippen LogP) is 1.92. The van der Waals surface area contributed by atoms with Gasteiger partial charge in [-0.25, -0.2) is 4.79 Å². The minimum absolute atomic E-state index is 0.215. The highest BCUT2D eigenvalue weighted by Crippen LogP contribution is 2.23. The van der Waals surface area contributed by atoms with Gasteiger partial charge in [0.2, 0.25) is 0 Å². The van der Waals surface area contributed by atoms with Crippen molar-refractivity contribution in [2.75, 3.05) is 37.9 Å². The number of benzene rings is 1. The fourth-order valence-corrected chi connectivity index (χ4v) is 1.69. The maximum atomic E-state index is 11.4. The number of hydrogen-bond acceptors (Lipinski definition) is 5. The zero-order valence-corrected chi connectivity index (χ0v) is 12.0. The largest absolute Gasteiger partial charge is 0.465 e. The third kappa shape index (κ3) is 4.44. The van der Waals surface area contributed by atoms with Crippen molar-refractivity contribution < 1.29 is 14.3 Å². The van der Waals surface area contributed by atoms with Crippen LogP contribution < -0.4 is 10.6 Å². The monoisotopic (exact) mass is 266 g/mol. The Morgan fingerprint density at radius 1 is 1.42 bits per heavy atom. The molecule has 5 nitrogen and oxygen atoms in total. The Morgan fingerprint density at radius 3 is 2.63 bits per heavy atom. The van der Waals surface area contributed by atoms with Crippen LogP contribution in [0, 0.1) is 0 Å². The van der Waals surface area contributed by atoms with E-state index in [4.69, 9.17) is 10.5 Å². The summed E-state index contributed by atoms with van der Waals surface area (Å²) in [6.45, 7) is 5.37. The quantitative estimate of drug-likeness (QED) is 0.629. The summed E-state index contributed by atoms with van der Waals surface area (Å²) in [5.41, 5.74) is 7.84. The number of nitrogens with two attached hydrogens (primary N) is 1. The maximum Gasteiger partial charge on any atom is 0.337 e. The van der Waals surface area contributed by atoms with Crippen molar-refractivity contribution >= 4 is 17.3 Å². The molecule has 2 N–H and O–H groups in total. The third-order valence-corrected chi connectivity index (χ3v) is 2.74. The zero-order chi connectivity index (χ0) is 14.4. The Labute approximate surface area is 114 Å². The minimum atomic E-state index is -0.385. The van der Waals surface area contributed by atoms with Crippen LogP contribution in [0.25, 0.3) is 0 Å². The Hall–Kier alpha value is -1.75. The molecule has 0 aliphatic heterocycles. The third-order valence-electron chi connectivity index (χ3n) is 2.74. The van der Waals surface area contributed by atoms with Crippen molar-refractivity contribution in [1.29, 1.82) is 0 Å². The molecule has 0 amide bonds. The van der Waals surface area contributed by atoms with Crippen LogP contribution in [0.3, 0.4) is 0 Å². The van der Waals surface area contributed by atoms with Crippen LogP contribution in [0.15, 0.2) is 18.2 Å². The van der Waals surface area contributed by atoms with Crippen molar-refractivity contribution in [3.8, 4) is 0 Å². The molecule has 0 aliphatic carbocycles. The van der Waals surface area contributed by atoms with Crippen molar-refractivity contribution in [1.82, 2.24) is 0 Å². The van der Waals surface area contributed by atoms with E-state index < -0.39 is 0 Å². The Bertz CT molecular complexity index is 433. The lowest BCUT2D eigenvalue weighted by Crippen LogP contribution is -2.24. The number of rotatable bonds is 6. The Morgan fingerprint density at radius 2 is 2.11 bits per heavy atom. The van der Waals surface area contributed by atoms with E-state index in [1.165, 1.54) is 7.11 Å². The van der Waals surface area contributed by atoms with Crippen molar-refractivity contribution in [2.45, 2.75) is 20.0 Å². The van der Waals surface area contributed by atoms with E-state index in [0.717, 1.165) is 12.2 Å². The van der Waals surface area contributed by atoms with Crippen LogP contribution in [0.4, 0.5) is 11.4 Å². The number of esters is 1. The highest BCUT2D eigenvalue weighted by Gasteiger charge is 2.10. The van der Waals surface area contributed by atoms with E-state index in [9.17, 15) is 4.79 Å². The molecule has 0 spiro atoms. The SMILES string of the molecule is COC(=O)c1ccc(N(C)CCOC(C)C)c(N)c1. The molecule has 0 saturated heterocycles. The number of anilines is 2. The van der Waals surface area contributed by atoms with E-state index in [1.54, 1.807) is 12.1 Å². The summed E-state index contributed by atoms with van der Waals surface area (Å²) in [6, 6.07) is 5.15. The van der Waals surface area contributed by atoms with Gasteiger partial charge in [0, 0.05) is 13.6 Å². The average Bonchev–Trinajstić information content (AvgIpc) is 2.36. The molecular formula is C14H22N2O3. The molecule has 0 aromatic heterocycles. The molecular weight excluding hydrogens is 244 g/mol. The van der Waals surface area contributed by atoms with Gasteiger partial charge in [-0.15, -0.1) is 0 Å². The normalized spacial score (nSPS) is 10.6. The van der Waals surface area contributed by atoms with Crippen LogP contribution in [-0.4, -0.2) is 39.4 Å². The minimum Gasteiger partial charge on any atom is -0.465 e. The van der Waals surface area contributed by atoms with Crippen LogP contribution in [0.2, 0.25) is 0 Å². The van der Waals surface area contributed by atoms with E-state index in [0.29, 0.717) is 17.9 Å². The van der Waals surface area contributed by atoms with Crippen molar-refractivity contribution in [3.63, 3.8) is 0 Å². The lowest BCUT2D eigenvalue weighted by molar-refractivity contribution is 0.0600. The summed E-state index contributed by atoms with van der Waals surface area (Å²) in [6.07, 6.45) is 0.215. The van der Waals surface area contributed by atoms with Gasteiger partial charge < -0.3 is 20.1 Å². The van der Waals surface area contributed by atoms with Crippen molar-refractivity contribution in [3.05, 3.63) is 23.8 Å².